The highest BCUT2D eigenvalue weighted by molar-refractivity contribution is 5.79. The van der Waals surface area contributed by atoms with Gasteiger partial charge in [-0.3, -0.25) is 4.57 Å². The second-order valence-corrected chi connectivity index (χ2v) is 4.85. The number of hydrogen-bond acceptors (Lipinski definition) is 2. The first-order valence-electron chi connectivity index (χ1n) is 6.63. The van der Waals surface area contributed by atoms with Crippen LogP contribution in [-0.2, 0) is 0 Å². The highest BCUT2D eigenvalue weighted by atomic mass is 15.1. The second kappa shape index (κ2) is 4.17. The Hall–Kier alpha value is -2.68. The Balaban J connectivity index is 2.03. The topological polar surface area (TPSA) is 30.7 Å². The Bertz CT molecular complexity index is 846. The van der Waals surface area contributed by atoms with Crippen molar-refractivity contribution >= 4 is 11.0 Å². The minimum atomic E-state index is 0.928. The standard InChI is InChI=1S/C17H13N3/c1-12-18-15-9-5-6-10-16(15)20(12)17-11-13-7-3-2-4-8-14(13)19-17/h2-11H,1H3. The Morgan fingerprint density at radius 2 is 1.65 bits per heavy atom. The molecule has 1 aromatic heterocycles. The van der Waals surface area contributed by atoms with Gasteiger partial charge >= 0.3 is 0 Å². The van der Waals surface area contributed by atoms with E-state index in [0.29, 0.717) is 0 Å². The van der Waals surface area contributed by atoms with E-state index < -0.39 is 0 Å². The monoisotopic (exact) mass is 259 g/mol. The second-order valence-electron chi connectivity index (χ2n) is 4.85. The molecule has 0 saturated carbocycles. The molecule has 1 aliphatic heterocycles. The largest absolute Gasteiger partial charge is 0.281 e. The maximum absolute atomic E-state index is 4.73. The van der Waals surface area contributed by atoms with E-state index in [2.05, 4.69) is 27.8 Å². The minimum absolute atomic E-state index is 0.928. The number of para-hydroxylation sites is 2. The SMILES string of the molecule is Cc1nc2ccccc2n1-c1cc2cccccc-2n1. The van der Waals surface area contributed by atoms with Gasteiger partial charge in [0.05, 0.1) is 16.7 Å². The lowest BCUT2D eigenvalue weighted by molar-refractivity contribution is 0.971. The lowest BCUT2D eigenvalue weighted by atomic mass is 10.2. The van der Waals surface area contributed by atoms with E-state index in [1.54, 1.807) is 0 Å². The number of nitrogens with zero attached hydrogens (tertiary/aromatic N) is 3. The van der Waals surface area contributed by atoms with Crippen molar-refractivity contribution in [1.82, 2.24) is 14.5 Å². The molecule has 2 heterocycles. The third kappa shape index (κ3) is 1.60. The van der Waals surface area contributed by atoms with Gasteiger partial charge in [-0.25, -0.2) is 9.97 Å². The molecular weight excluding hydrogens is 246 g/mol. The molecule has 3 nitrogen and oxygen atoms in total. The maximum atomic E-state index is 4.73. The first kappa shape index (κ1) is 11.2. The molecule has 0 bridgehead atoms. The molecule has 4 rings (SSSR count). The first-order chi connectivity index (χ1) is 9.83. The maximum Gasteiger partial charge on any atom is 0.139 e. The summed E-state index contributed by atoms with van der Waals surface area (Å²) in [7, 11) is 0. The van der Waals surface area contributed by atoms with Crippen LogP contribution in [0.2, 0.25) is 0 Å². The van der Waals surface area contributed by atoms with Gasteiger partial charge in [-0.2, -0.15) is 0 Å². The van der Waals surface area contributed by atoms with E-state index in [4.69, 9.17) is 4.98 Å². The van der Waals surface area contributed by atoms with Crippen LogP contribution in [0.4, 0.5) is 0 Å². The van der Waals surface area contributed by atoms with Crippen LogP contribution in [-0.4, -0.2) is 14.5 Å². The molecule has 0 atom stereocenters. The summed E-state index contributed by atoms with van der Waals surface area (Å²) in [5.74, 6) is 1.88. The normalized spacial score (nSPS) is 11.2. The van der Waals surface area contributed by atoms with Gasteiger partial charge in [0.1, 0.15) is 11.6 Å². The van der Waals surface area contributed by atoms with Crippen molar-refractivity contribution in [1.29, 1.82) is 0 Å². The molecule has 0 amide bonds. The summed E-state index contributed by atoms with van der Waals surface area (Å²) in [6.07, 6.45) is 0. The highest BCUT2D eigenvalue weighted by Crippen LogP contribution is 2.26. The molecule has 0 saturated heterocycles. The number of aromatic nitrogens is 3. The van der Waals surface area contributed by atoms with Crippen LogP contribution in [0.1, 0.15) is 5.82 Å². The van der Waals surface area contributed by atoms with Crippen molar-refractivity contribution < 1.29 is 0 Å². The first-order valence-corrected chi connectivity index (χ1v) is 6.63. The van der Waals surface area contributed by atoms with Crippen molar-refractivity contribution in [2.24, 2.45) is 0 Å². The van der Waals surface area contributed by atoms with Crippen LogP contribution in [0.25, 0.3) is 28.1 Å². The summed E-state index contributed by atoms with van der Waals surface area (Å²) in [6, 6.07) is 20.4. The molecule has 0 spiro atoms. The van der Waals surface area contributed by atoms with E-state index in [9.17, 15) is 0 Å². The highest BCUT2D eigenvalue weighted by Gasteiger charge is 2.13. The van der Waals surface area contributed by atoms with Gasteiger partial charge in [0.15, 0.2) is 0 Å². The Labute approximate surface area is 116 Å². The van der Waals surface area contributed by atoms with Gasteiger partial charge in [-0.15, -0.1) is 0 Å². The summed E-state index contributed by atoms with van der Waals surface area (Å²) < 4.78 is 2.11. The van der Waals surface area contributed by atoms with Gasteiger partial charge in [0, 0.05) is 5.56 Å². The average molecular weight is 259 g/mol. The van der Waals surface area contributed by atoms with Crippen LogP contribution in [0.3, 0.4) is 0 Å². The fourth-order valence-electron chi connectivity index (χ4n) is 2.62. The fraction of sp³-hybridized carbons (Fsp3) is 0.0588. The molecule has 3 heteroatoms. The Morgan fingerprint density at radius 3 is 2.60 bits per heavy atom. The van der Waals surface area contributed by atoms with Gasteiger partial charge in [0.25, 0.3) is 0 Å². The third-order valence-corrected chi connectivity index (χ3v) is 3.53. The number of benzene rings is 1. The molecule has 2 aromatic rings. The predicted octanol–water partition coefficient (Wildman–Crippen LogP) is 3.83. The van der Waals surface area contributed by atoms with Crippen molar-refractivity contribution in [2.45, 2.75) is 6.92 Å². The molecule has 1 aliphatic carbocycles. The fourth-order valence-corrected chi connectivity index (χ4v) is 2.62. The van der Waals surface area contributed by atoms with Gasteiger partial charge in [-0.05, 0) is 31.2 Å². The summed E-state index contributed by atoms with van der Waals surface area (Å²) in [6.45, 7) is 2.01. The number of fused-ring (bicyclic) bond motifs is 2. The summed E-state index contributed by atoms with van der Waals surface area (Å²) >= 11 is 0. The number of imidazole rings is 1. The zero-order chi connectivity index (χ0) is 13.5. The van der Waals surface area contributed by atoms with Crippen LogP contribution >= 0.6 is 0 Å². The molecule has 1 aromatic carbocycles. The van der Waals surface area contributed by atoms with Crippen LogP contribution < -0.4 is 0 Å². The van der Waals surface area contributed by atoms with E-state index >= 15 is 0 Å². The molecule has 96 valence electrons. The Kier molecular flexibility index (Phi) is 2.33. The lowest BCUT2D eigenvalue weighted by Gasteiger charge is -2.01. The minimum Gasteiger partial charge on any atom is -0.281 e. The van der Waals surface area contributed by atoms with E-state index in [1.807, 2.05) is 49.4 Å². The predicted molar refractivity (Wildman–Crippen MR) is 80.2 cm³/mol. The van der Waals surface area contributed by atoms with Crippen molar-refractivity contribution in [2.75, 3.05) is 0 Å². The summed E-state index contributed by atoms with van der Waals surface area (Å²) in [5.41, 5.74) is 4.24. The molecular formula is C17H13N3. The van der Waals surface area contributed by atoms with Gasteiger partial charge < -0.3 is 0 Å². The third-order valence-electron chi connectivity index (χ3n) is 3.53. The molecule has 0 fully saturated rings. The van der Waals surface area contributed by atoms with Crippen LogP contribution in [0.15, 0.2) is 60.7 Å². The molecule has 0 N–H and O–H groups in total. The Morgan fingerprint density at radius 1 is 0.850 bits per heavy atom. The zero-order valence-electron chi connectivity index (χ0n) is 11.1. The van der Waals surface area contributed by atoms with Crippen molar-refractivity contribution in [3.63, 3.8) is 0 Å². The number of hydrogen-bond donors (Lipinski definition) is 0. The zero-order valence-corrected chi connectivity index (χ0v) is 11.1. The smallest absolute Gasteiger partial charge is 0.139 e. The lowest BCUT2D eigenvalue weighted by Crippen LogP contribution is -1.96. The van der Waals surface area contributed by atoms with E-state index in [-0.39, 0.29) is 0 Å². The van der Waals surface area contributed by atoms with Gasteiger partial charge in [-0.1, -0.05) is 36.4 Å². The van der Waals surface area contributed by atoms with Gasteiger partial charge in [0.2, 0.25) is 0 Å². The van der Waals surface area contributed by atoms with E-state index in [0.717, 1.165) is 33.9 Å². The molecule has 0 radical (unpaired) electrons. The van der Waals surface area contributed by atoms with Crippen molar-refractivity contribution in [3.8, 4) is 17.1 Å². The number of rotatable bonds is 1. The number of aryl methyl sites for hydroxylation is 1. The molecule has 20 heavy (non-hydrogen) atoms. The van der Waals surface area contributed by atoms with E-state index in [1.165, 1.54) is 0 Å². The van der Waals surface area contributed by atoms with Crippen LogP contribution in [0, 0.1) is 6.92 Å². The summed E-state index contributed by atoms with van der Waals surface area (Å²) in [4.78, 5) is 9.32. The van der Waals surface area contributed by atoms with Crippen molar-refractivity contribution in [3.05, 3.63) is 66.5 Å². The summed E-state index contributed by atoms with van der Waals surface area (Å²) in [5, 5.41) is 0. The average Bonchev–Trinajstić information content (AvgIpc) is 2.91. The molecule has 2 aliphatic rings. The van der Waals surface area contributed by atoms with Crippen LogP contribution in [0.5, 0.6) is 0 Å². The molecule has 0 unspecified atom stereocenters. The quantitative estimate of drug-likeness (QED) is 0.520.